The highest BCUT2D eigenvalue weighted by Crippen LogP contribution is 2.91. The van der Waals surface area contributed by atoms with Gasteiger partial charge in [0.05, 0.1) is 11.0 Å². The largest absolute Gasteiger partial charge is 0.346 e. The molecule has 0 aromatic carbocycles. The predicted molar refractivity (Wildman–Crippen MR) is 59.2 cm³/mol. The van der Waals surface area contributed by atoms with Crippen molar-refractivity contribution in [1.82, 2.24) is 5.32 Å². The van der Waals surface area contributed by atoms with E-state index in [1.54, 1.807) is 0 Å². The Hall–Kier alpha value is -0.790. The number of carbonyl (C=O) groups is 1. The molecule has 1 saturated heterocycles. The second-order valence-corrected chi connectivity index (χ2v) is 6.20. The molecule has 15 heavy (non-hydrogen) atoms. The average molecular weight is 205 g/mol. The van der Waals surface area contributed by atoms with Crippen molar-refractivity contribution >= 4 is 5.91 Å². The zero-order chi connectivity index (χ0) is 11.4. The minimum absolute atomic E-state index is 0.0816. The fraction of sp³-hybridized carbons (Fsp3) is 0.769. The van der Waals surface area contributed by atoms with Crippen LogP contribution < -0.4 is 5.32 Å². The summed E-state index contributed by atoms with van der Waals surface area (Å²) in [6.45, 7) is 13.2. The van der Waals surface area contributed by atoms with Gasteiger partial charge in [-0.25, -0.2) is 0 Å². The summed E-state index contributed by atoms with van der Waals surface area (Å²) in [5.41, 5.74) is 2.67. The average Bonchev–Trinajstić information content (AvgIpc) is 2.48. The lowest BCUT2D eigenvalue weighted by Gasteiger charge is -2.31. The molecule has 4 atom stereocenters. The van der Waals surface area contributed by atoms with E-state index < -0.39 is 0 Å². The van der Waals surface area contributed by atoms with E-state index in [4.69, 9.17) is 0 Å². The number of amides is 1. The van der Waals surface area contributed by atoms with Gasteiger partial charge in [0.2, 0.25) is 5.91 Å². The highest BCUT2D eigenvalue weighted by atomic mass is 16.2. The van der Waals surface area contributed by atoms with Crippen molar-refractivity contribution in [3.63, 3.8) is 0 Å². The Balaban J connectivity index is 2.38. The van der Waals surface area contributed by atoms with E-state index in [0.717, 1.165) is 0 Å². The maximum Gasteiger partial charge on any atom is 0.228 e. The van der Waals surface area contributed by atoms with Crippen LogP contribution in [0.25, 0.3) is 0 Å². The molecule has 3 rings (SSSR count). The molecule has 82 valence electrons. The number of hydrogen-bond acceptors (Lipinski definition) is 1. The van der Waals surface area contributed by atoms with Crippen molar-refractivity contribution < 1.29 is 4.79 Å². The highest BCUT2D eigenvalue weighted by Gasteiger charge is 2.95. The molecule has 1 N–H and O–H groups in total. The zero-order valence-electron chi connectivity index (χ0n) is 10.4. The monoisotopic (exact) mass is 205 g/mol. The van der Waals surface area contributed by atoms with Crippen LogP contribution in [0.1, 0.15) is 41.5 Å². The molecule has 0 spiro atoms. The third-order valence-corrected chi connectivity index (χ3v) is 6.82. The van der Waals surface area contributed by atoms with Crippen molar-refractivity contribution in [3.8, 4) is 0 Å². The van der Waals surface area contributed by atoms with E-state index >= 15 is 0 Å². The quantitative estimate of drug-likeness (QED) is 0.604. The van der Waals surface area contributed by atoms with Gasteiger partial charge in [-0.05, 0) is 33.3 Å². The molecule has 2 nitrogen and oxygen atoms in total. The van der Waals surface area contributed by atoms with Crippen molar-refractivity contribution in [3.05, 3.63) is 11.1 Å². The van der Waals surface area contributed by atoms with E-state index in [1.165, 1.54) is 11.1 Å². The minimum atomic E-state index is -0.182. The van der Waals surface area contributed by atoms with Crippen LogP contribution in [0.3, 0.4) is 0 Å². The normalized spacial score (nSPS) is 60.8. The third kappa shape index (κ3) is 0.458. The standard InChI is InChI=1S/C13H19NO/c1-7-8(2)12(5)13(6)10(7,3)11(13,4)9(15)14-12/h1-6H3,(H,14,15)/t10-,11+,12+,13-/m1/s1. The molecular weight excluding hydrogens is 186 g/mol. The molecule has 2 fully saturated rings. The lowest BCUT2D eigenvalue weighted by atomic mass is 9.79. The zero-order valence-corrected chi connectivity index (χ0v) is 10.4. The first-order valence-electron chi connectivity index (χ1n) is 5.70. The van der Waals surface area contributed by atoms with Crippen LogP contribution in [-0.4, -0.2) is 11.4 Å². The van der Waals surface area contributed by atoms with Crippen LogP contribution in [0.15, 0.2) is 11.1 Å². The molecule has 2 heteroatoms. The number of allylic oxidation sites excluding steroid dienone is 1. The van der Waals surface area contributed by atoms with E-state index in [-0.39, 0.29) is 27.7 Å². The number of piperidine rings is 1. The molecular formula is C13H19NO. The molecule has 0 unspecified atom stereocenters. The van der Waals surface area contributed by atoms with Gasteiger partial charge in [-0.3, -0.25) is 4.79 Å². The van der Waals surface area contributed by atoms with Gasteiger partial charge in [0.25, 0.3) is 0 Å². The van der Waals surface area contributed by atoms with E-state index in [9.17, 15) is 4.79 Å². The smallest absolute Gasteiger partial charge is 0.228 e. The molecule has 0 bridgehead atoms. The molecule has 3 aliphatic rings. The minimum Gasteiger partial charge on any atom is -0.346 e. The summed E-state index contributed by atoms with van der Waals surface area (Å²) in [4.78, 5) is 12.2. The Morgan fingerprint density at radius 3 is 1.87 bits per heavy atom. The Labute approximate surface area is 91.1 Å². The lowest BCUT2D eigenvalue weighted by Crippen LogP contribution is -2.47. The molecule has 1 aliphatic heterocycles. The van der Waals surface area contributed by atoms with Crippen LogP contribution >= 0.6 is 0 Å². The van der Waals surface area contributed by atoms with Gasteiger partial charge in [0.15, 0.2) is 0 Å². The Morgan fingerprint density at radius 1 is 0.933 bits per heavy atom. The number of hydrogen-bond donors (Lipinski definition) is 1. The first-order chi connectivity index (χ1) is 6.69. The molecule has 0 aromatic rings. The Morgan fingerprint density at radius 2 is 1.47 bits per heavy atom. The first kappa shape index (κ1) is 9.44. The van der Waals surface area contributed by atoms with E-state index in [0.29, 0.717) is 0 Å². The highest BCUT2D eigenvalue weighted by molar-refractivity contribution is 5.97. The predicted octanol–water partition coefficient (Wildman–Crippen LogP) is 2.26. The Kier molecular flexibility index (Phi) is 1.12. The third-order valence-electron chi connectivity index (χ3n) is 6.82. The first-order valence-corrected chi connectivity index (χ1v) is 5.70. The number of carbonyl (C=O) groups excluding carboxylic acids is 1. The second kappa shape index (κ2) is 1.79. The molecule has 0 aromatic heterocycles. The van der Waals surface area contributed by atoms with Gasteiger partial charge in [-0.1, -0.05) is 19.4 Å². The molecule has 1 saturated carbocycles. The second-order valence-electron chi connectivity index (χ2n) is 6.20. The summed E-state index contributed by atoms with van der Waals surface area (Å²) < 4.78 is 0. The number of nitrogens with one attached hydrogen (secondary N) is 1. The number of fused-ring (bicyclic) bond motifs is 1. The Bertz CT molecular complexity index is 445. The van der Waals surface area contributed by atoms with E-state index in [2.05, 4.69) is 46.9 Å². The maximum atomic E-state index is 12.2. The van der Waals surface area contributed by atoms with Gasteiger partial charge in [-0.2, -0.15) is 0 Å². The van der Waals surface area contributed by atoms with Crippen molar-refractivity contribution in [1.29, 1.82) is 0 Å². The van der Waals surface area contributed by atoms with Crippen molar-refractivity contribution in [2.45, 2.75) is 47.1 Å². The topological polar surface area (TPSA) is 29.1 Å². The SMILES string of the molecule is CC1=C(C)[C@]2(C)NC(=O)[C@@]3(C)[C@]1(C)[C@]32C. The summed E-state index contributed by atoms with van der Waals surface area (Å²) in [5, 5.41) is 3.21. The van der Waals surface area contributed by atoms with Gasteiger partial charge in [-0.15, -0.1) is 0 Å². The molecule has 1 heterocycles. The number of rotatable bonds is 0. The van der Waals surface area contributed by atoms with Crippen molar-refractivity contribution in [2.24, 2.45) is 16.2 Å². The van der Waals surface area contributed by atoms with Crippen LogP contribution in [0.4, 0.5) is 0 Å². The van der Waals surface area contributed by atoms with Gasteiger partial charge >= 0.3 is 0 Å². The summed E-state index contributed by atoms with van der Waals surface area (Å²) in [7, 11) is 0. The summed E-state index contributed by atoms with van der Waals surface area (Å²) in [6.07, 6.45) is 0. The fourth-order valence-electron chi connectivity index (χ4n) is 5.02. The van der Waals surface area contributed by atoms with Gasteiger partial charge in [0.1, 0.15) is 0 Å². The molecule has 1 amide bonds. The van der Waals surface area contributed by atoms with Gasteiger partial charge in [0, 0.05) is 10.8 Å². The summed E-state index contributed by atoms with van der Waals surface area (Å²) >= 11 is 0. The van der Waals surface area contributed by atoms with E-state index in [1.807, 2.05) is 0 Å². The van der Waals surface area contributed by atoms with Crippen LogP contribution in [0.2, 0.25) is 0 Å². The van der Waals surface area contributed by atoms with Gasteiger partial charge < -0.3 is 5.32 Å². The summed E-state index contributed by atoms with van der Waals surface area (Å²) in [6, 6.07) is 0. The van der Waals surface area contributed by atoms with Crippen LogP contribution in [-0.2, 0) is 4.79 Å². The fourth-order valence-corrected chi connectivity index (χ4v) is 5.02. The van der Waals surface area contributed by atoms with Crippen molar-refractivity contribution in [2.75, 3.05) is 0 Å². The molecule has 0 radical (unpaired) electrons. The van der Waals surface area contributed by atoms with Crippen LogP contribution in [0, 0.1) is 16.2 Å². The van der Waals surface area contributed by atoms with Crippen LogP contribution in [0.5, 0.6) is 0 Å². The maximum absolute atomic E-state index is 12.2. The lowest BCUT2D eigenvalue weighted by molar-refractivity contribution is -0.125. The molecule has 2 aliphatic carbocycles. The summed E-state index contributed by atoms with van der Waals surface area (Å²) in [5.74, 6) is 0.242.